The van der Waals surface area contributed by atoms with Crippen molar-refractivity contribution in [3.8, 4) is 11.6 Å². The van der Waals surface area contributed by atoms with Crippen molar-refractivity contribution >= 4 is 27.3 Å². The van der Waals surface area contributed by atoms with Gasteiger partial charge in [0.15, 0.2) is 0 Å². The molecule has 0 aliphatic heterocycles. The number of hydrogen-bond donors (Lipinski definition) is 0. The summed E-state index contributed by atoms with van der Waals surface area (Å²) in [5, 5.41) is 0. The molecule has 0 spiro atoms. The summed E-state index contributed by atoms with van der Waals surface area (Å²) in [5.74, 6) is 0.948. The minimum atomic E-state index is -3.82. The van der Waals surface area contributed by atoms with E-state index < -0.39 is 10.0 Å². The van der Waals surface area contributed by atoms with E-state index in [1.807, 2.05) is 0 Å². The van der Waals surface area contributed by atoms with Crippen molar-refractivity contribution in [1.29, 1.82) is 0 Å². The van der Waals surface area contributed by atoms with Crippen molar-refractivity contribution in [2.45, 2.75) is 17.7 Å². The van der Waals surface area contributed by atoms with Crippen LogP contribution in [0.25, 0.3) is 11.0 Å². The van der Waals surface area contributed by atoms with Crippen LogP contribution in [0.1, 0.15) is 12.0 Å². The summed E-state index contributed by atoms with van der Waals surface area (Å²) in [7, 11) is -0.817. The molecule has 26 heavy (non-hydrogen) atoms. The lowest BCUT2D eigenvalue weighted by atomic mass is 10.2. The van der Waals surface area contributed by atoms with Crippen molar-refractivity contribution < 1.29 is 22.7 Å². The van der Waals surface area contributed by atoms with E-state index in [-0.39, 0.29) is 11.3 Å². The first-order valence-electron chi connectivity index (χ1n) is 7.89. The smallest absolute Gasteiger partial charge is 0.268 e. The quantitative estimate of drug-likeness (QED) is 0.590. The van der Waals surface area contributed by atoms with E-state index in [2.05, 4.69) is 4.98 Å². The highest BCUT2D eigenvalue weighted by molar-refractivity contribution is 7.90. The average molecular weight is 374 g/mol. The molecule has 3 rings (SSSR count). The van der Waals surface area contributed by atoms with Crippen LogP contribution >= 0.6 is 0 Å². The molecule has 0 aliphatic carbocycles. The number of aryl methyl sites for hydroxylation is 1. The molecule has 0 aliphatic rings. The number of carbonyl (C=O) groups excluding carboxylic acids is 1. The molecular weight excluding hydrogens is 356 g/mol. The summed E-state index contributed by atoms with van der Waals surface area (Å²) in [6.07, 6.45) is 2.98. The number of hydrogen-bond acceptors (Lipinski definition) is 6. The second kappa shape index (κ2) is 7.17. The minimum absolute atomic E-state index is 0.132. The fourth-order valence-corrected chi connectivity index (χ4v) is 4.07. The number of benzene rings is 1. The molecule has 7 nitrogen and oxygen atoms in total. The normalized spacial score (nSPS) is 11.5. The first-order chi connectivity index (χ1) is 12.5. The van der Waals surface area contributed by atoms with Crippen LogP contribution in [-0.2, 0) is 21.2 Å². The van der Waals surface area contributed by atoms with Gasteiger partial charge >= 0.3 is 0 Å². The zero-order valence-corrected chi connectivity index (χ0v) is 15.2. The molecule has 0 amide bonds. The number of aromatic nitrogens is 2. The number of ether oxygens (including phenoxy) is 2. The summed E-state index contributed by atoms with van der Waals surface area (Å²) >= 11 is 0. The van der Waals surface area contributed by atoms with Gasteiger partial charge in [0.2, 0.25) is 5.88 Å². The lowest BCUT2D eigenvalue weighted by Crippen LogP contribution is -2.11. The van der Waals surface area contributed by atoms with E-state index in [0.717, 1.165) is 6.29 Å². The Kier molecular flexibility index (Phi) is 4.94. The lowest BCUT2D eigenvalue weighted by Gasteiger charge is -2.08. The van der Waals surface area contributed by atoms with Crippen molar-refractivity contribution in [3.63, 3.8) is 0 Å². The second-order valence-electron chi connectivity index (χ2n) is 5.56. The molecule has 1 aromatic carbocycles. The van der Waals surface area contributed by atoms with Crippen LogP contribution in [0.3, 0.4) is 0 Å². The van der Waals surface area contributed by atoms with E-state index in [0.29, 0.717) is 34.6 Å². The van der Waals surface area contributed by atoms with Gasteiger partial charge in [-0.15, -0.1) is 0 Å². The van der Waals surface area contributed by atoms with E-state index >= 15 is 0 Å². The maximum Gasteiger partial charge on any atom is 0.268 e. The predicted molar refractivity (Wildman–Crippen MR) is 96.2 cm³/mol. The van der Waals surface area contributed by atoms with Crippen molar-refractivity contribution in [1.82, 2.24) is 8.96 Å². The van der Waals surface area contributed by atoms with Gasteiger partial charge < -0.3 is 14.3 Å². The Bertz CT molecular complexity index is 1040. The van der Waals surface area contributed by atoms with Crippen LogP contribution < -0.4 is 9.47 Å². The van der Waals surface area contributed by atoms with Crippen LogP contribution in [0.4, 0.5) is 0 Å². The third-order valence-electron chi connectivity index (χ3n) is 4.02. The van der Waals surface area contributed by atoms with E-state index in [1.165, 1.54) is 36.5 Å². The van der Waals surface area contributed by atoms with Crippen molar-refractivity contribution in [2.75, 3.05) is 14.2 Å². The Morgan fingerprint density at radius 1 is 1.08 bits per heavy atom. The highest BCUT2D eigenvalue weighted by Crippen LogP contribution is 2.28. The molecule has 0 fully saturated rings. The zero-order valence-electron chi connectivity index (χ0n) is 14.4. The van der Waals surface area contributed by atoms with Crippen molar-refractivity contribution in [3.05, 3.63) is 48.2 Å². The largest absolute Gasteiger partial charge is 0.497 e. The van der Waals surface area contributed by atoms with Gasteiger partial charge in [0, 0.05) is 18.7 Å². The Balaban J connectivity index is 2.17. The first-order valence-corrected chi connectivity index (χ1v) is 9.33. The van der Waals surface area contributed by atoms with Gasteiger partial charge in [-0.1, -0.05) is 0 Å². The van der Waals surface area contributed by atoms with E-state index in [9.17, 15) is 13.2 Å². The third-order valence-corrected chi connectivity index (χ3v) is 5.71. The van der Waals surface area contributed by atoms with Crippen LogP contribution in [-0.4, -0.2) is 37.9 Å². The maximum atomic E-state index is 13.1. The summed E-state index contributed by atoms with van der Waals surface area (Å²) < 4.78 is 37.6. The Morgan fingerprint density at radius 3 is 2.42 bits per heavy atom. The number of methoxy groups -OCH3 is 2. The molecule has 2 heterocycles. The monoisotopic (exact) mass is 374 g/mol. The van der Waals surface area contributed by atoms with Crippen molar-refractivity contribution in [2.24, 2.45) is 0 Å². The van der Waals surface area contributed by atoms with E-state index in [1.54, 1.807) is 24.3 Å². The third kappa shape index (κ3) is 3.15. The molecule has 0 unspecified atom stereocenters. The molecule has 8 heteroatoms. The molecule has 0 N–H and O–H groups in total. The second-order valence-corrected chi connectivity index (χ2v) is 7.37. The number of pyridine rings is 1. The number of aldehydes is 1. The SMILES string of the molecule is COc1ccc(S(=O)(=O)n2cc(CCC=O)c3nc(OC)ccc32)cc1. The Morgan fingerprint density at radius 2 is 1.81 bits per heavy atom. The summed E-state index contributed by atoms with van der Waals surface area (Å²) in [5.41, 5.74) is 1.61. The van der Waals surface area contributed by atoms with Crippen LogP contribution in [0.5, 0.6) is 11.6 Å². The van der Waals surface area contributed by atoms with Gasteiger partial charge in [-0.05, 0) is 42.3 Å². The molecular formula is C18H18N2O5S. The average Bonchev–Trinajstić information content (AvgIpc) is 3.04. The molecule has 0 bridgehead atoms. The molecule has 0 saturated carbocycles. The number of rotatable bonds is 7. The Hall–Kier alpha value is -2.87. The number of carbonyl (C=O) groups is 1. The summed E-state index contributed by atoms with van der Waals surface area (Å²) in [6.45, 7) is 0. The molecule has 136 valence electrons. The molecule has 3 aromatic rings. The van der Waals surface area contributed by atoms with E-state index in [4.69, 9.17) is 9.47 Å². The molecule has 0 radical (unpaired) electrons. The predicted octanol–water partition coefficient (Wildman–Crippen LogP) is 2.42. The van der Waals surface area contributed by atoms with Crippen LogP contribution in [0.2, 0.25) is 0 Å². The summed E-state index contributed by atoms with van der Waals surface area (Å²) in [6, 6.07) is 9.41. The number of fused-ring (bicyclic) bond motifs is 1. The van der Waals surface area contributed by atoms with Gasteiger partial charge in [0.1, 0.15) is 12.0 Å². The van der Waals surface area contributed by atoms with Gasteiger partial charge in [-0.3, -0.25) is 0 Å². The minimum Gasteiger partial charge on any atom is -0.497 e. The topological polar surface area (TPSA) is 87.5 Å². The highest BCUT2D eigenvalue weighted by atomic mass is 32.2. The van der Waals surface area contributed by atoms with Crippen LogP contribution in [0, 0.1) is 0 Å². The fraction of sp³-hybridized carbons (Fsp3) is 0.222. The maximum absolute atomic E-state index is 13.1. The van der Waals surface area contributed by atoms with Gasteiger partial charge in [0.05, 0.1) is 30.1 Å². The molecule has 2 aromatic heterocycles. The molecule has 0 saturated heterocycles. The first kappa shape index (κ1) is 17.9. The van der Waals surface area contributed by atoms with Gasteiger partial charge in [-0.2, -0.15) is 0 Å². The fourth-order valence-electron chi connectivity index (χ4n) is 2.69. The lowest BCUT2D eigenvalue weighted by molar-refractivity contribution is -0.107. The molecule has 0 atom stereocenters. The van der Waals surface area contributed by atoms with Gasteiger partial charge in [-0.25, -0.2) is 17.4 Å². The Labute approximate surface area is 151 Å². The zero-order chi connectivity index (χ0) is 18.7. The highest BCUT2D eigenvalue weighted by Gasteiger charge is 2.22. The van der Waals surface area contributed by atoms with Gasteiger partial charge in [0.25, 0.3) is 10.0 Å². The summed E-state index contributed by atoms with van der Waals surface area (Å²) in [4.78, 5) is 15.2. The number of nitrogens with zero attached hydrogens (tertiary/aromatic N) is 2. The van der Waals surface area contributed by atoms with Crippen LogP contribution in [0.15, 0.2) is 47.5 Å². The standard InChI is InChI=1S/C18H18N2O5S/c1-24-14-5-7-15(8-6-14)26(22,23)20-12-13(4-3-11-21)18-16(20)9-10-17(19-18)25-2/h5-12H,3-4H2,1-2H3.